The van der Waals surface area contributed by atoms with Gasteiger partial charge in [-0.15, -0.1) is 11.3 Å². The van der Waals surface area contributed by atoms with E-state index in [9.17, 15) is 4.79 Å². The van der Waals surface area contributed by atoms with Gasteiger partial charge in [0.25, 0.3) is 0 Å². The fourth-order valence-corrected chi connectivity index (χ4v) is 3.30. The highest BCUT2D eigenvalue weighted by Gasteiger charge is 2.37. The van der Waals surface area contributed by atoms with Crippen LogP contribution in [0.2, 0.25) is 8.67 Å². The molecule has 1 fully saturated rings. The van der Waals surface area contributed by atoms with Crippen molar-refractivity contribution in [2.24, 2.45) is 0 Å². The van der Waals surface area contributed by atoms with Gasteiger partial charge < -0.3 is 9.53 Å². The second kappa shape index (κ2) is 4.06. The third kappa shape index (κ3) is 2.21. The first-order valence-corrected chi connectivity index (χ1v) is 6.20. The quantitative estimate of drug-likeness (QED) is 0.759. The lowest BCUT2D eigenvalue weighted by Crippen LogP contribution is -2.24. The van der Waals surface area contributed by atoms with Crippen molar-refractivity contribution in [1.82, 2.24) is 0 Å². The molecule has 0 bridgehead atoms. The zero-order valence-electron chi connectivity index (χ0n) is 8.13. The summed E-state index contributed by atoms with van der Waals surface area (Å²) in [4.78, 5) is 10.8. The van der Waals surface area contributed by atoms with Gasteiger partial charge in [-0.2, -0.15) is 0 Å². The van der Waals surface area contributed by atoms with E-state index in [4.69, 9.17) is 27.9 Å². The summed E-state index contributed by atoms with van der Waals surface area (Å²) in [5.74, 6) is 0. The Bertz CT molecular complexity index is 391. The van der Waals surface area contributed by atoms with Gasteiger partial charge in [0.05, 0.1) is 10.4 Å². The third-order valence-corrected chi connectivity index (χ3v) is 4.11. The number of halogens is 2. The van der Waals surface area contributed by atoms with Crippen LogP contribution >= 0.6 is 34.5 Å². The van der Waals surface area contributed by atoms with Gasteiger partial charge in [-0.1, -0.05) is 23.2 Å². The van der Waals surface area contributed by atoms with Crippen LogP contribution in [0, 0.1) is 0 Å². The molecule has 1 aromatic rings. The van der Waals surface area contributed by atoms with Crippen molar-refractivity contribution in [1.29, 1.82) is 0 Å². The van der Waals surface area contributed by atoms with Crippen molar-refractivity contribution in [3.8, 4) is 0 Å². The van der Waals surface area contributed by atoms with Gasteiger partial charge >= 0.3 is 0 Å². The van der Waals surface area contributed by atoms with Crippen LogP contribution in [0.1, 0.15) is 31.4 Å². The van der Waals surface area contributed by atoms with Gasteiger partial charge in [0.1, 0.15) is 9.94 Å². The molecule has 1 aliphatic heterocycles. The minimum Gasteiger partial charge on any atom is -0.360 e. The van der Waals surface area contributed by atoms with Crippen molar-refractivity contribution < 1.29 is 9.53 Å². The highest BCUT2D eigenvalue weighted by Crippen LogP contribution is 2.44. The number of thiophene rings is 1. The molecule has 2 rings (SSSR count). The molecule has 1 aliphatic rings. The van der Waals surface area contributed by atoms with E-state index in [0.29, 0.717) is 8.67 Å². The van der Waals surface area contributed by atoms with Crippen molar-refractivity contribution in [2.45, 2.75) is 31.5 Å². The smallest absolute Gasteiger partial charge is 0.151 e. The molecule has 2 heterocycles. The molecule has 1 aromatic heterocycles. The van der Waals surface area contributed by atoms with Crippen LogP contribution in [-0.2, 0) is 9.53 Å². The van der Waals surface area contributed by atoms with Crippen molar-refractivity contribution in [3.05, 3.63) is 20.3 Å². The number of hydrogen-bond acceptors (Lipinski definition) is 3. The minimum atomic E-state index is -0.664. The summed E-state index contributed by atoms with van der Waals surface area (Å²) in [7, 11) is 0. The number of rotatable bonds is 2. The molecule has 0 amide bonds. The van der Waals surface area contributed by atoms with E-state index < -0.39 is 5.60 Å². The summed E-state index contributed by atoms with van der Waals surface area (Å²) >= 11 is 13.2. The molecule has 0 aromatic carbocycles. The van der Waals surface area contributed by atoms with Crippen LogP contribution in [0.3, 0.4) is 0 Å². The first-order chi connectivity index (χ1) is 7.04. The molecule has 5 heteroatoms. The van der Waals surface area contributed by atoms with Crippen LogP contribution in [-0.4, -0.2) is 11.9 Å². The summed E-state index contributed by atoms with van der Waals surface area (Å²) in [6.07, 6.45) is 2.29. The van der Waals surface area contributed by atoms with E-state index in [-0.39, 0.29) is 6.10 Å². The van der Waals surface area contributed by atoms with Gasteiger partial charge in [-0.3, -0.25) is 0 Å². The second-order valence-electron chi connectivity index (χ2n) is 3.86. The van der Waals surface area contributed by atoms with Crippen molar-refractivity contribution >= 4 is 40.8 Å². The molecule has 1 saturated heterocycles. The van der Waals surface area contributed by atoms with Crippen LogP contribution < -0.4 is 0 Å². The zero-order valence-corrected chi connectivity index (χ0v) is 10.5. The average Bonchev–Trinajstić information content (AvgIpc) is 2.71. The average molecular weight is 265 g/mol. The number of carbonyl (C=O) groups excluding carboxylic acids is 1. The number of hydrogen-bond donors (Lipinski definition) is 0. The largest absolute Gasteiger partial charge is 0.360 e. The lowest BCUT2D eigenvalue weighted by Gasteiger charge is -2.17. The van der Waals surface area contributed by atoms with Crippen LogP contribution in [0.5, 0.6) is 0 Å². The van der Waals surface area contributed by atoms with Gasteiger partial charge in [0.15, 0.2) is 6.29 Å². The molecule has 0 N–H and O–H groups in total. The molecule has 2 unspecified atom stereocenters. The molecular weight excluding hydrogens is 255 g/mol. The summed E-state index contributed by atoms with van der Waals surface area (Å²) < 4.78 is 6.98. The Morgan fingerprint density at radius 1 is 1.67 bits per heavy atom. The molecule has 0 saturated carbocycles. The maximum Gasteiger partial charge on any atom is 0.151 e. The summed E-state index contributed by atoms with van der Waals surface area (Å²) in [5.41, 5.74) is 0.236. The molecule has 2 nitrogen and oxygen atoms in total. The fourth-order valence-electron chi connectivity index (χ4n) is 1.74. The predicted molar refractivity (Wildman–Crippen MR) is 61.9 cm³/mol. The summed E-state index contributed by atoms with van der Waals surface area (Å²) in [5, 5.41) is 0. The lowest BCUT2D eigenvalue weighted by molar-refractivity contribution is -0.127. The Hall–Kier alpha value is -0.0900. The number of aldehydes is 1. The second-order valence-corrected chi connectivity index (χ2v) is 6.14. The topological polar surface area (TPSA) is 26.3 Å². The molecule has 82 valence electrons. The Morgan fingerprint density at radius 3 is 2.87 bits per heavy atom. The summed E-state index contributed by atoms with van der Waals surface area (Å²) in [6, 6.07) is 1.82. The lowest BCUT2D eigenvalue weighted by atomic mass is 10.0. The molecule has 2 atom stereocenters. The van der Waals surface area contributed by atoms with E-state index in [1.165, 1.54) is 11.3 Å². The zero-order chi connectivity index (χ0) is 11.1. The standard InChI is InChI=1S/C10H10Cl2O2S/c1-10(5-13)3-2-7(14-10)6-4-8(11)15-9(6)12/h4-5,7H,2-3H2,1H3. The molecule has 15 heavy (non-hydrogen) atoms. The SMILES string of the molecule is CC1(C=O)CCC(c2cc(Cl)sc2Cl)O1. The Labute approximate surface area is 102 Å². The van der Waals surface area contributed by atoms with Gasteiger partial charge in [0.2, 0.25) is 0 Å². The maximum absolute atomic E-state index is 10.8. The van der Waals surface area contributed by atoms with Crippen molar-refractivity contribution in [2.75, 3.05) is 0 Å². The Balaban J connectivity index is 2.21. The Kier molecular flexibility index (Phi) is 3.08. The predicted octanol–water partition coefficient (Wildman–Crippen LogP) is 3.86. The van der Waals surface area contributed by atoms with Gasteiger partial charge in [-0.05, 0) is 25.8 Å². The molecular formula is C10H10Cl2O2S. The monoisotopic (exact) mass is 264 g/mol. The van der Waals surface area contributed by atoms with E-state index in [0.717, 1.165) is 24.7 Å². The molecule has 0 spiro atoms. The van der Waals surface area contributed by atoms with E-state index in [1.807, 2.05) is 6.07 Å². The normalized spacial score (nSPS) is 30.7. The van der Waals surface area contributed by atoms with Crippen LogP contribution in [0.15, 0.2) is 6.07 Å². The highest BCUT2D eigenvalue weighted by molar-refractivity contribution is 7.20. The first-order valence-electron chi connectivity index (χ1n) is 4.63. The summed E-state index contributed by atoms with van der Waals surface area (Å²) in [6.45, 7) is 1.79. The van der Waals surface area contributed by atoms with E-state index in [2.05, 4.69) is 0 Å². The van der Waals surface area contributed by atoms with Crippen molar-refractivity contribution in [3.63, 3.8) is 0 Å². The van der Waals surface area contributed by atoms with Gasteiger partial charge in [0, 0.05) is 5.56 Å². The number of ether oxygens (including phenoxy) is 1. The van der Waals surface area contributed by atoms with Crippen LogP contribution in [0.4, 0.5) is 0 Å². The third-order valence-electron chi connectivity index (χ3n) is 2.59. The maximum atomic E-state index is 10.8. The minimum absolute atomic E-state index is 0.101. The molecule has 0 radical (unpaired) electrons. The first kappa shape index (κ1) is 11.4. The Morgan fingerprint density at radius 2 is 2.40 bits per heavy atom. The van der Waals surface area contributed by atoms with Gasteiger partial charge in [-0.25, -0.2) is 0 Å². The molecule has 0 aliphatic carbocycles. The highest BCUT2D eigenvalue weighted by atomic mass is 35.5. The van der Waals surface area contributed by atoms with E-state index in [1.54, 1.807) is 6.92 Å². The van der Waals surface area contributed by atoms with Crippen LogP contribution in [0.25, 0.3) is 0 Å². The fraction of sp³-hybridized carbons (Fsp3) is 0.500. The number of carbonyl (C=O) groups is 1. The van der Waals surface area contributed by atoms with E-state index >= 15 is 0 Å².